The minimum atomic E-state index is 0.0417. The smallest absolute Gasteiger partial charge is 0.182 e. The zero-order chi connectivity index (χ0) is 13.8. The minimum absolute atomic E-state index is 0.0417. The molecular formula is C15H17ClN2O. The lowest BCUT2D eigenvalue weighted by atomic mass is 10.1. The maximum atomic E-state index is 12.3. The average Bonchev–Trinajstić information content (AvgIpc) is 2.79. The molecule has 1 aromatic carbocycles. The van der Waals surface area contributed by atoms with Gasteiger partial charge in [-0.25, -0.2) is 0 Å². The van der Waals surface area contributed by atoms with Gasteiger partial charge >= 0.3 is 0 Å². The average molecular weight is 277 g/mol. The van der Waals surface area contributed by atoms with Gasteiger partial charge in [0, 0.05) is 12.5 Å². The number of hydrogen-bond acceptors (Lipinski definition) is 2. The molecule has 2 aromatic rings. The largest absolute Gasteiger partial charge is 0.292 e. The molecule has 0 aliphatic rings. The van der Waals surface area contributed by atoms with Crippen molar-refractivity contribution in [3.63, 3.8) is 0 Å². The molecule has 0 aliphatic heterocycles. The van der Waals surface area contributed by atoms with Crippen molar-refractivity contribution >= 4 is 17.4 Å². The number of aryl methyl sites for hydroxylation is 1. The van der Waals surface area contributed by atoms with Gasteiger partial charge in [0.15, 0.2) is 5.78 Å². The first-order valence-corrected chi connectivity index (χ1v) is 6.77. The van der Waals surface area contributed by atoms with Gasteiger partial charge < -0.3 is 0 Å². The van der Waals surface area contributed by atoms with E-state index in [-0.39, 0.29) is 11.8 Å². The van der Waals surface area contributed by atoms with Gasteiger partial charge in [0.2, 0.25) is 0 Å². The highest BCUT2D eigenvalue weighted by Crippen LogP contribution is 2.21. The zero-order valence-electron chi connectivity index (χ0n) is 11.1. The lowest BCUT2D eigenvalue weighted by Crippen LogP contribution is -2.13. The third kappa shape index (κ3) is 3.24. The molecule has 0 aliphatic carbocycles. The van der Waals surface area contributed by atoms with Crippen molar-refractivity contribution in [1.82, 2.24) is 9.78 Å². The van der Waals surface area contributed by atoms with E-state index >= 15 is 0 Å². The number of carbonyl (C=O) groups is 1. The molecule has 0 bridgehead atoms. The molecule has 0 atom stereocenters. The van der Waals surface area contributed by atoms with Crippen LogP contribution in [0.5, 0.6) is 0 Å². The van der Waals surface area contributed by atoms with Crippen molar-refractivity contribution in [3.8, 4) is 0 Å². The first-order valence-electron chi connectivity index (χ1n) is 6.39. The Kier molecular flexibility index (Phi) is 4.38. The first-order chi connectivity index (χ1) is 9.09. The molecule has 1 heterocycles. The third-order valence-electron chi connectivity index (χ3n) is 2.99. The standard InChI is InChI=1S/C15H17ClN2O/c1-11(2)18-15(13(16)10-17-18)14(19)9-8-12-6-4-3-5-7-12/h3-7,10-11H,8-9H2,1-2H3. The number of Topliss-reactive ketones (excluding diaryl/α,β-unsaturated/α-hetero) is 1. The van der Waals surface area contributed by atoms with Crippen LogP contribution >= 0.6 is 11.6 Å². The molecular weight excluding hydrogens is 260 g/mol. The van der Waals surface area contributed by atoms with E-state index in [1.54, 1.807) is 4.68 Å². The molecule has 0 fully saturated rings. The van der Waals surface area contributed by atoms with Gasteiger partial charge in [-0.1, -0.05) is 41.9 Å². The van der Waals surface area contributed by atoms with Crippen LogP contribution in [0, 0.1) is 0 Å². The Hall–Kier alpha value is -1.61. The second-order valence-corrected chi connectivity index (χ2v) is 5.20. The van der Waals surface area contributed by atoms with Crippen LogP contribution in [0.4, 0.5) is 0 Å². The van der Waals surface area contributed by atoms with E-state index in [0.717, 1.165) is 12.0 Å². The summed E-state index contributed by atoms with van der Waals surface area (Å²) in [6.45, 7) is 3.97. The van der Waals surface area contributed by atoms with Gasteiger partial charge in [-0.2, -0.15) is 5.10 Å². The molecule has 0 amide bonds. The molecule has 100 valence electrons. The second-order valence-electron chi connectivity index (χ2n) is 4.79. The summed E-state index contributed by atoms with van der Waals surface area (Å²) in [6, 6.07) is 10.1. The molecule has 0 radical (unpaired) electrons. The van der Waals surface area contributed by atoms with Gasteiger partial charge in [0.1, 0.15) is 5.69 Å². The third-order valence-corrected chi connectivity index (χ3v) is 3.26. The number of ketones is 1. The van der Waals surface area contributed by atoms with Gasteiger partial charge in [-0.3, -0.25) is 9.48 Å². The fourth-order valence-electron chi connectivity index (χ4n) is 2.01. The Labute approximate surface area is 118 Å². The van der Waals surface area contributed by atoms with Crippen molar-refractivity contribution in [2.75, 3.05) is 0 Å². The number of hydrogen-bond donors (Lipinski definition) is 0. The minimum Gasteiger partial charge on any atom is -0.292 e. The van der Waals surface area contributed by atoms with E-state index in [1.807, 2.05) is 44.2 Å². The highest BCUT2D eigenvalue weighted by Gasteiger charge is 2.18. The Morgan fingerprint density at radius 2 is 2.00 bits per heavy atom. The Balaban J connectivity index is 2.10. The molecule has 0 saturated heterocycles. The maximum absolute atomic E-state index is 12.3. The van der Waals surface area contributed by atoms with Crippen LogP contribution in [0.25, 0.3) is 0 Å². The van der Waals surface area contributed by atoms with Gasteiger partial charge in [-0.15, -0.1) is 0 Å². The number of rotatable bonds is 5. The summed E-state index contributed by atoms with van der Waals surface area (Å²) in [6.07, 6.45) is 2.71. The molecule has 0 unspecified atom stereocenters. The number of aromatic nitrogens is 2. The summed E-state index contributed by atoms with van der Waals surface area (Å²) < 4.78 is 1.69. The topological polar surface area (TPSA) is 34.9 Å². The summed E-state index contributed by atoms with van der Waals surface area (Å²) in [5, 5.41) is 4.59. The summed E-state index contributed by atoms with van der Waals surface area (Å²) in [5.41, 5.74) is 1.68. The van der Waals surface area contributed by atoms with Crippen LogP contribution in [0.1, 0.15) is 42.4 Å². The van der Waals surface area contributed by atoms with Crippen LogP contribution in [0.2, 0.25) is 5.02 Å². The van der Waals surface area contributed by atoms with Gasteiger partial charge in [0.05, 0.1) is 11.2 Å². The molecule has 1 aromatic heterocycles. The van der Waals surface area contributed by atoms with Crippen LogP contribution in [0.3, 0.4) is 0 Å². The van der Waals surface area contributed by atoms with Crippen LogP contribution in [-0.2, 0) is 6.42 Å². The molecule has 0 saturated carbocycles. The van der Waals surface area contributed by atoms with Crippen molar-refractivity contribution in [2.45, 2.75) is 32.7 Å². The summed E-state index contributed by atoms with van der Waals surface area (Å²) in [7, 11) is 0. The molecule has 0 N–H and O–H groups in total. The van der Waals surface area contributed by atoms with E-state index in [4.69, 9.17) is 11.6 Å². The van der Waals surface area contributed by atoms with Crippen molar-refractivity contribution in [2.24, 2.45) is 0 Å². The highest BCUT2D eigenvalue weighted by molar-refractivity contribution is 6.33. The van der Waals surface area contributed by atoms with Gasteiger partial charge in [0.25, 0.3) is 0 Å². The summed E-state index contributed by atoms with van der Waals surface area (Å²) in [5.74, 6) is 0.0417. The highest BCUT2D eigenvalue weighted by atomic mass is 35.5. The molecule has 2 rings (SSSR count). The van der Waals surface area contributed by atoms with Crippen LogP contribution in [0.15, 0.2) is 36.5 Å². The van der Waals surface area contributed by atoms with Crippen molar-refractivity contribution < 1.29 is 4.79 Å². The summed E-state index contributed by atoms with van der Waals surface area (Å²) in [4.78, 5) is 12.3. The quantitative estimate of drug-likeness (QED) is 0.776. The van der Waals surface area contributed by atoms with Crippen molar-refractivity contribution in [1.29, 1.82) is 0 Å². The Morgan fingerprint density at radius 3 is 2.63 bits per heavy atom. The number of carbonyl (C=O) groups excluding carboxylic acids is 1. The van der Waals surface area contributed by atoms with Gasteiger partial charge in [-0.05, 0) is 25.8 Å². The van der Waals surface area contributed by atoms with Crippen molar-refractivity contribution in [3.05, 3.63) is 52.8 Å². The van der Waals surface area contributed by atoms with E-state index in [9.17, 15) is 4.79 Å². The molecule has 3 nitrogen and oxygen atoms in total. The van der Waals surface area contributed by atoms with Crippen LogP contribution < -0.4 is 0 Å². The monoisotopic (exact) mass is 276 g/mol. The maximum Gasteiger partial charge on any atom is 0.182 e. The summed E-state index contributed by atoms with van der Waals surface area (Å²) >= 11 is 6.06. The Bertz CT molecular complexity index is 561. The SMILES string of the molecule is CC(C)n1ncc(Cl)c1C(=O)CCc1ccccc1. The fraction of sp³-hybridized carbons (Fsp3) is 0.333. The lowest BCUT2D eigenvalue weighted by molar-refractivity contribution is 0.0970. The molecule has 4 heteroatoms. The van der Waals surface area contributed by atoms with E-state index in [0.29, 0.717) is 17.1 Å². The van der Waals surface area contributed by atoms with E-state index in [1.165, 1.54) is 6.20 Å². The zero-order valence-corrected chi connectivity index (χ0v) is 11.9. The van der Waals surface area contributed by atoms with E-state index in [2.05, 4.69) is 5.10 Å². The lowest BCUT2D eigenvalue weighted by Gasteiger charge is -2.10. The first kappa shape index (κ1) is 13.8. The fourth-order valence-corrected chi connectivity index (χ4v) is 2.25. The number of benzene rings is 1. The predicted molar refractivity (Wildman–Crippen MR) is 76.7 cm³/mol. The predicted octanol–water partition coefficient (Wildman–Crippen LogP) is 3.93. The Morgan fingerprint density at radius 1 is 1.32 bits per heavy atom. The normalized spacial score (nSPS) is 10.9. The molecule has 0 spiro atoms. The van der Waals surface area contributed by atoms with Crippen LogP contribution in [-0.4, -0.2) is 15.6 Å². The number of nitrogens with zero attached hydrogens (tertiary/aromatic N) is 2. The second kappa shape index (κ2) is 6.02. The number of halogens is 1. The molecule has 19 heavy (non-hydrogen) atoms. The van der Waals surface area contributed by atoms with E-state index < -0.39 is 0 Å².